The lowest BCUT2D eigenvalue weighted by Gasteiger charge is -2.19. The van der Waals surface area contributed by atoms with Crippen molar-refractivity contribution in [3.05, 3.63) is 65.5 Å². The maximum Gasteiger partial charge on any atom is 0.344 e. The zero-order chi connectivity index (χ0) is 20.8. The lowest BCUT2D eigenvalue weighted by molar-refractivity contribution is 0.00727. The fourth-order valence-electron chi connectivity index (χ4n) is 3.18. The van der Waals surface area contributed by atoms with Crippen molar-refractivity contribution in [2.45, 2.75) is 32.9 Å². The number of benzene rings is 2. The Morgan fingerprint density at radius 3 is 2.31 bits per heavy atom. The van der Waals surface area contributed by atoms with E-state index in [4.69, 9.17) is 15.5 Å². The number of anilines is 1. The average molecular weight is 392 g/mol. The first-order valence-electron chi connectivity index (χ1n) is 9.25. The van der Waals surface area contributed by atoms with E-state index in [0.29, 0.717) is 28.7 Å². The number of nitrogens with zero attached hydrogens (tertiary/aromatic N) is 3. The average Bonchev–Trinajstić information content (AvgIpc) is 2.91. The van der Waals surface area contributed by atoms with Crippen LogP contribution in [0.3, 0.4) is 0 Å². The van der Waals surface area contributed by atoms with Gasteiger partial charge in [-0.15, -0.1) is 0 Å². The van der Waals surface area contributed by atoms with E-state index in [2.05, 4.69) is 4.98 Å². The van der Waals surface area contributed by atoms with Crippen molar-refractivity contribution >= 4 is 34.0 Å². The normalized spacial score (nSPS) is 11.9. The number of carbonyl (C=O) groups is 1. The van der Waals surface area contributed by atoms with Crippen LogP contribution in [-0.2, 0) is 11.3 Å². The number of nitrogens with two attached hydrogens (primary N) is 1. The topological polar surface area (TPSA) is 83.0 Å². The molecule has 0 amide bonds. The summed E-state index contributed by atoms with van der Waals surface area (Å²) in [5.74, 6) is -0.657. The number of para-hydroxylation sites is 2. The van der Waals surface area contributed by atoms with Gasteiger partial charge in [0.1, 0.15) is 28.3 Å². The van der Waals surface area contributed by atoms with Gasteiger partial charge in [0.05, 0.1) is 17.6 Å². The molecule has 4 aromatic rings. The standard InChI is InChI=1S/C22H21FN4O2/c1-22(2,3)29-21(28)17-18-20(26-16-7-5-4-6-15(16)25-18)27(19(17)24)12-13-8-10-14(23)11-9-13/h4-11H,12,24H2,1-3H3. The van der Waals surface area contributed by atoms with Crippen LogP contribution in [-0.4, -0.2) is 26.1 Å². The number of carbonyl (C=O) groups excluding carboxylic acids is 1. The van der Waals surface area contributed by atoms with Crippen LogP contribution in [0.1, 0.15) is 36.7 Å². The van der Waals surface area contributed by atoms with Gasteiger partial charge in [0.15, 0.2) is 5.65 Å². The van der Waals surface area contributed by atoms with Gasteiger partial charge in [-0.1, -0.05) is 24.3 Å². The van der Waals surface area contributed by atoms with Crippen LogP contribution in [0.2, 0.25) is 0 Å². The van der Waals surface area contributed by atoms with Gasteiger partial charge < -0.3 is 15.0 Å². The summed E-state index contributed by atoms with van der Waals surface area (Å²) >= 11 is 0. The molecule has 7 heteroatoms. The predicted molar refractivity (Wildman–Crippen MR) is 110 cm³/mol. The summed E-state index contributed by atoms with van der Waals surface area (Å²) in [4.78, 5) is 22.2. The molecule has 0 atom stereocenters. The lowest BCUT2D eigenvalue weighted by atomic mass is 10.2. The number of esters is 1. The quantitative estimate of drug-likeness (QED) is 0.525. The molecule has 0 aliphatic carbocycles. The zero-order valence-electron chi connectivity index (χ0n) is 16.4. The highest BCUT2D eigenvalue weighted by atomic mass is 19.1. The van der Waals surface area contributed by atoms with Crippen molar-refractivity contribution in [3.8, 4) is 0 Å². The smallest absolute Gasteiger partial charge is 0.344 e. The molecular weight excluding hydrogens is 371 g/mol. The summed E-state index contributed by atoms with van der Waals surface area (Å²) in [6.45, 7) is 5.69. The van der Waals surface area contributed by atoms with Gasteiger partial charge in [0.2, 0.25) is 0 Å². The maximum atomic E-state index is 13.3. The summed E-state index contributed by atoms with van der Waals surface area (Å²) < 4.78 is 20.5. The highest BCUT2D eigenvalue weighted by molar-refractivity contribution is 6.08. The Bertz CT molecular complexity index is 1220. The number of rotatable bonds is 3. The van der Waals surface area contributed by atoms with Crippen LogP contribution in [0.25, 0.3) is 22.2 Å². The Hall–Kier alpha value is -3.48. The summed E-state index contributed by atoms with van der Waals surface area (Å²) in [5, 5.41) is 0. The lowest BCUT2D eigenvalue weighted by Crippen LogP contribution is -2.24. The minimum Gasteiger partial charge on any atom is -0.456 e. The molecule has 148 valence electrons. The Labute approximate surface area is 167 Å². The molecule has 0 saturated heterocycles. The third kappa shape index (κ3) is 3.63. The van der Waals surface area contributed by atoms with Crippen molar-refractivity contribution < 1.29 is 13.9 Å². The van der Waals surface area contributed by atoms with Crippen LogP contribution in [0, 0.1) is 5.82 Å². The largest absolute Gasteiger partial charge is 0.456 e. The summed E-state index contributed by atoms with van der Waals surface area (Å²) in [7, 11) is 0. The van der Waals surface area contributed by atoms with Crippen molar-refractivity contribution in [1.29, 1.82) is 0 Å². The Morgan fingerprint density at radius 1 is 1.07 bits per heavy atom. The molecule has 0 unspecified atom stereocenters. The molecule has 6 nitrogen and oxygen atoms in total. The molecule has 0 spiro atoms. The summed E-state index contributed by atoms with van der Waals surface area (Å²) in [5.41, 5.74) is 8.92. The molecule has 2 aromatic heterocycles. The monoisotopic (exact) mass is 392 g/mol. The van der Waals surface area contributed by atoms with Gasteiger partial charge in [0, 0.05) is 0 Å². The second kappa shape index (κ2) is 6.84. The first-order valence-corrected chi connectivity index (χ1v) is 9.25. The van der Waals surface area contributed by atoms with E-state index in [9.17, 15) is 9.18 Å². The number of nitrogen functional groups attached to an aromatic ring is 1. The summed E-state index contributed by atoms with van der Waals surface area (Å²) in [6, 6.07) is 13.5. The third-order valence-electron chi connectivity index (χ3n) is 4.45. The number of hydrogen-bond acceptors (Lipinski definition) is 5. The van der Waals surface area contributed by atoms with Gasteiger partial charge in [-0.2, -0.15) is 0 Å². The molecular formula is C22H21FN4O2. The highest BCUT2D eigenvalue weighted by Gasteiger charge is 2.28. The molecule has 2 aromatic carbocycles. The molecule has 2 heterocycles. The first-order chi connectivity index (χ1) is 13.7. The minimum atomic E-state index is -0.681. The van der Waals surface area contributed by atoms with Gasteiger partial charge in [0.25, 0.3) is 0 Å². The number of fused-ring (bicyclic) bond motifs is 2. The van der Waals surface area contributed by atoms with E-state index in [1.54, 1.807) is 37.5 Å². The minimum absolute atomic E-state index is 0.190. The Kier molecular flexibility index (Phi) is 4.45. The molecule has 29 heavy (non-hydrogen) atoms. The van der Waals surface area contributed by atoms with Gasteiger partial charge in [-0.25, -0.2) is 19.2 Å². The van der Waals surface area contributed by atoms with Gasteiger partial charge in [-0.3, -0.25) is 0 Å². The molecule has 0 aliphatic rings. The fraction of sp³-hybridized carbons (Fsp3) is 0.227. The van der Waals surface area contributed by atoms with Crippen molar-refractivity contribution in [2.75, 3.05) is 5.73 Å². The molecule has 2 N–H and O–H groups in total. The van der Waals surface area contributed by atoms with Crippen molar-refractivity contribution in [2.24, 2.45) is 0 Å². The number of aromatic nitrogens is 3. The van der Waals surface area contributed by atoms with Crippen LogP contribution >= 0.6 is 0 Å². The first kappa shape index (κ1) is 18.9. The van der Waals surface area contributed by atoms with E-state index in [1.807, 2.05) is 24.3 Å². The second-order valence-electron chi connectivity index (χ2n) is 7.86. The molecule has 0 saturated carbocycles. The van der Waals surface area contributed by atoms with Crippen molar-refractivity contribution in [3.63, 3.8) is 0 Å². The van der Waals surface area contributed by atoms with Crippen LogP contribution < -0.4 is 5.73 Å². The van der Waals surface area contributed by atoms with Gasteiger partial charge in [-0.05, 0) is 50.6 Å². The summed E-state index contributed by atoms with van der Waals surface area (Å²) in [6.07, 6.45) is 0. The SMILES string of the molecule is CC(C)(C)OC(=O)c1c(N)n(Cc2ccc(F)cc2)c2nc3ccccc3nc12. The predicted octanol–water partition coefficient (Wildman–Crippen LogP) is 4.31. The zero-order valence-corrected chi connectivity index (χ0v) is 16.4. The van der Waals surface area contributed by atoms with E-state index >= 15 is 0 Å². The molecule has 4 rings (SSSR count). The van der Waals surface area contributed by atoms with Gasteiger partial charge >= 0.3 is 5.97 Å². The second-order valence-corrected chi connectivity index (χ2v) is 7.86. The van der Waals surface area contributed by atoms with Crippen LogP contribution in [0.5, 0.6) is 0 Å². The van der Waals surface area contributed by atoms with E-state index in [-0.39, 0.29) is 17.2 Å². The van der Waals surface area contributed by atoms with Crippen LogP contribution in [0.15, 0.2) is 48.5 Å². The number of hydrogen-bond donors (Lipinski definition) is 1. The molecule has 0 radical (unpaired) electrons. The Morgan fingerprint density at radius 2 is 1.69 bits per heavy atom. The number of halogens is 1. The molecule has 0 bridgehead atoms. The molecule has 0 fully saturated rings. The highest BCUT2D eigenvalue weighted by Crippen LogP contribution is 2.30. The van der Waals surface area contributed by atoms with Crippen LogP contribution in [0.4, 0.5) is 10.2 Å². The van der Waals surface area contributed by atoms with E-state index < -0.39 is 11.6 Å². The molecule has 0 aliphatic heterocycles. The Balaban J connectivity index is 1.93. The van der Waals surface area contributed by atoms with Crippen molar-refractivity contribution in [1.82, 2.24) is 14.5 Å². The third-order valence-corrected chi connectivity index (χ3v) is 4.45. The number of ether oxygens (including phenoxy) is 1. The van der Waals surface area contributed by atoms with E-state index in [1.165, 1.54) is 12.1 Å². The fourth-order valence-corrected chi connectivity index (χ4v) is 3.18. The van der Waals surface area contributed by atoms with E-state index in [0.717, 1.165) is 5.56 Å². The maximum absolute atomic E-state index is 13.3.